The van der Waals surface area contributed by atoms with Crippen molar-refractivity contribution in [3.63, 3.8) is 0 Å². The van der Waals surface area contributed by atoms with Crippen molar-refractivity contribution in [3.8, 4) is 10.4 Å². The fourth-order valence-electron chi connectivity index (χ4n) is 3.65. The van der Waals surface area contributed by atoms with Gasteiger partial charge in [0.05, 0.1) is 5.39 Å². The third kappa shape index (κ3) is 3.17. The summed E-state index contributed by atoms with van der Waals surface area (Å²) in [6.45, 7) is 8.21. The zero-order chi connectivity index (χ0) is 17.6. The molecule has 0 bridgehead atoms. The molecule has 0 amide bonds. The van der Waals surface area contributed by atoms with Crippen LogP contribution in [0.3, 0.4) is 0 Å². The number of aromatic amines is 1. The van der Waals surface area contributed by atoms with Crippen LogP contribution in [0.25, 0.3) is 20.7 Å². The third-order valence-corrected chi connectivity index (χ3v) is 6.61. The maximum Gasteiger partial charge on any atom is 0.260 e. The number of fused-ring (bicyclic) bond motifs is 1. The molecule has 7 heteroatoms. The lowest BCUT2D eigenvalue weighted by Gasteiger charge is -2.35. The van der Waals surface area contributed by atoms with Crippen LogP contribution in [-0.2, 0) is 4.74 Å². The van der Waals surface area contributed by atoms with Gasteiger partial charge in [-0.25, -0.2) is 4.98 Å². The summed E-state index contributed by atoms with van der Waals surface area (Å²) < 4.78 is 5.83. The second kappa shape index (κ2) is 6.64. The number of ether oxygens (including phenoxy) is 1. The molecule has 0 saturated carbocycles. The van der Waals surface area contributed by atoms with Crippen LogP contribution in [0.15, 0.2) is 27.7 Å². The summed E-state index contributed by atoms with van der Waals surface area (Å²) in [6, 6.07) is 4.19. The van der Waals surface area contributed by atoms with Crippen LogP contribution in [0.5, 0.6) is 0 Å². The number of thiophene rings is 2. The molecule has 3 atom stereocenters. The Balaban J connectivity index is 1.71. The van der Waals surface area contributed by atoms with Crippen LogP contribution in [-0.4, -0.2) is 35.3 Å². The minimum Gasteiger partial charge on any atom is -0.364 e. The van der Waals surface area contributed by atoms with Gasteiger partial charge in [0.25, 0.3) is 5.56 Å². The van der Waals surface area contributed by atoms with Gasteiger partial charge in [0.1, 0.15) is 36.2 Å². The van der Waals surface area contributed by atoms with Crippen LogP contribution < -0.4 is 10.5 Å². The van der Waals surface area contributed by atoms with E-state index >= 15 is 0 Å². The van der Waals surface area contributed by atoms with Gasteiger partial charge in [0.2, 0.25) is 0 Å². The molecule has 1 aliphatic rings. The van der Waals surface area contributed by atoms with Gasteiger partial charge in [-0.2, -0.15) is 0 Å². The number of H-pyrrole nitrogens is 1. The van der Waals surface area contributed by atoms with Gasteiger partial charge in [0.15, 0.2) is 5.82 Å². The standard InChI is InChI=1S/C18H21N3O2S2/c1-10-7-21(8-11(2)23-10)12(3)16-19-17(22)15-13(9-25-18(15)20-16)14-5-4-6-24-14/h4-6,9-12H,7-8H2,1-3H3,(H,19,20,22)/p+1/t10-,11-,12-/m0/s1. The average Bonchev–Trinajstić information content (AvgIpc) is 3.22. The maximum absolute atomic E-state index is 12.8. The van der Waals surface area contributed by atoms with Crippen LogP contribution in [0, 0.1) is 0 Å². The van der Waals surface area contributed by atoms with Gasteiger partial charge in [-0.1, -0.05) is 6.07 Å². The number of hydrogen-bond acceptors (Lipinski definition) is 5. The van der Waals surface area contributed by atoms with Crippen LogP contribution in [0.1, 0.15) is 32.6 Å². The number of hydrogen-bond donors (Lipinski definition) is 2. The van der Waals surface area contributed by atoms with Crippen molar-refractivity contribution in [2.24, 2.45) is 0 Å². The molecule has 4 heterocycles. The topological polar surface area (TPSA) is 59.4 Å². The lowest BCUT2D eigenvalue weighted by Crippen LogP contribution is -3.15. The maximum atomic E-state index is 12.8. The number of rotatable bonds is 3. The molecule has 0 aliphatic carbocycles. The Morgan fingerprint density at radius 1 is 1.32 bits per heavy atom. The van der Waals surface area contributed by atoms with E-state index in [0.717, 1.165) is 34.2 Å². The van der Waals surface area contributed by atoms with E-state index in [2.05, 4.69) is 25.8 Å². The summed E-state index contributed by atoms with van der Waals surface area (Å²) in [5.41, 5.74) is 0.953. The summed E-state index contributed by atoms with van der Waals surface area (Å²) in [6.07, 6.45) is 0.452. The molecule has 2 N–H and O–H groups in total. The minimum atomic E-state index is -0.0368. The first-order valence-corrected chi connectivity index (χ1v) is 10.3. The Morgan fingerprint density at radius 2 is 2.08 bits per heavy atom. The van der Waals surface area contributed by atoms with Crippen molar-refractivity contribution in [1.82, 2.24) is 9.97 Å². The number of quaternary nitrogens is 1. The van der Waals surface area contributed by atoms with Crippen molar-refractivity contribution in [2.45, 2.75) is 39.0 Å². The largest absolute Gasteiger partial charge is 0.364 e. The first kappa shape index (κ1) is 16.9. The van der Waals surface area contributed by atoms with E-state index in [1.54, 1.807) is 22.7 Å². The fraction of sp³-hybridized carbons (Fsp3) is 0.444. The second-order valence-electron chi connectivity index (χ2n) is 6.80. The first-order valence-electron chi connectivity index (χ1n) is 8.58. The molecule has 132 valence electrons. The van der Waals surface area contributed by atoms with Gasteiger partial charge in [-0.05, 0) is 32.2 Å². The fourth-order valence-corrected chi connectivity index (χ4v) is 5.41. The Morgan fingerprint density at radius 3 is 2.76 bits per heavy atom. The molecule has 1 saturated heterocycles. The highest BCUT2D eigenvalue weighted by molar-refractivity contribution is 7.18. The minimum absolute atomic E-state index is 0.0368. The van der Waals surface area contributed by atoms with Gasteiger partial charge in [0, 0.05) is 15.8 Å². The number of morpholine rings is 1. The van der Waals surface area contributed by atoms with Crippen molar-refractivity contribution >= 4 is 32.9 Å². The average molecular weight is 377 g/mol. The molecule has 0 aromatic carbocycles. The molecule has 1 aliphatic heterocycles. The molecule has 0 spiro atoms. The van der Waals surface area contributed by atoms with E-state index in [9.17, 15) is 4.79 Å². The Bertz CT molecular complexity index is 922. The highest BCUT2D eigenvalue weighted by Gasteiger charge is 2.31. The zero-order valence-electron chi connectivity index (χ0n) is 14.5. The smallest absolute Gasteiger partial charge is 0.260 e. The third-order valence-electron chi connectivity index (χ3n) is 4.84. The Labute approximate surface area is 154 Å². The Hall–Kier alpha value is -1.54. The normalized spacial score (nSPS) is 25.3. The molecular weight excluding hydrogens is 354 g/mol. The van der Waals surface area contributed by atoms with Gasteiger partial charge < -0.3 is 14.6 Å². The molecule has 25 heavy (non-hydrogen) atoms. The van der Waals surface area contributed by atoms with Gasteiger partial charge in [-0.3, -0.25) is 4.79 Å². The van der Waals surface area contributed by atoms with E-state index in [-0.39, 0.29) is 23.8 Å². The number of aromatic nitrogens is 2. The molecule has 4 rings (SSSR count). The van der Waals surface area contributed by atoms with Crippen molar-refractivity contribution in [2.75, 3.05) is 13.1 Å². The van der Waals surface area contributed by atoms with E-state index in [1.165, 1.54) is 4.90 Å². The monoisotopic (exact) mass is 376 g/mol. The van der Waals surface area contributed by atoms with Crippen LogP contribution >= 0.6 is 22.7 Å². The van der Waals surface area contributed by atoms with Crippen LogP contribution in [0.4, 0.5) is 0 Å². The molecule has 1 fully saturated rings. The quantitative estimate of drug-likeness (QED) is 0.738. The first-order chi connectivity index (χ1) is 12.0. The summed E-state index contributed by atoms with van der Waals surface area (Å²) >= 11 is 3.19. The summed E-state index contributed by atoms with van der Waals surface area (Å²) in [5, 5.41) is 4.78. The summed E-state index contributed by atoms with van der Waals surface area (Å²) in [5.74, 6) is 0.772. The lowest BCUT2D eigenvalue weighted by atomic mass is 10.1. The number of nitrogens with zero attached hydrogens (tertiary/aromatic N) is 1. The van der Waals surface area contributed by atoms with E-state index in [1.807, 2.05) is 22.9 Å². The predicted molar refractivity (Wildman–Crippen MR) is 103 cm³/mol. The molecule has 3 aromatic heterocycles. The SMILES string of the molecule is C[C@H]1C[NH+]([C@@H](C)c2nc3scc(-c4cccs4)c3c(=O)[nH]2)C[C@H](C)O1. The Kier molecular flexibility index (Phi) is 4.49. The van der Waals surface area contributed by atoms with E-state index in [0.29, 0.717) is 5.39 Å². The van der Waals surface area contributed by atoms with Crippen molar-refractivity contribution < 1.29 is 9.64 Å². The highest BCUT2D eigenvalue weighted by Crippen LogP contribution is 2.33. The second-order valence-corrected chi connectivity index (χ2v) is 8.61. The molecule has 0 radical (unpaired) electrons. The van der Waals surface area contributed by atoms with Crippen molar-refractivity contribution in [1.29, 1.82) is 0 Å². The van der Waals surface area contributed by atoms with Gasteiger partial charge >= 0.3 is 0 Å². The highest BCUT2D eigenvalue weighted by atomic mass is 32.1. The lowest BCUT2D eigenvalue weighted by molar-refractivity contribution is -0.944. The summed E-state index contributed by atoms with van der Waals surface area (Å²) in [7, 11) is 0. The molecule has 3 aromatic rings. The van der Waals surface area contributed by atoms with Crippen molar-refractivity contribution in [3.05, 3.63) is 39.1 Å². The van der Waals surface area contributed by atoms with Gasteiger partial charge in [-0.15, -0.1) is 22.7 Å². The van der Waals surface area contributed by atoms with E-state index < -0.39 is 0 Å². The summed E-state index contributed by atoms with van der Waals surface area (Å²) in [4.78, 5) is 24.0. The molecule has 5 nitrogen and oxygen atoms in total. The van der Waals surface area contributed by atoms with Crippen LogP contribution in [0.2, 0.25) is 0 Å². The zero-order valence-corrected chi connectivity index (χ0v) is 16.2. The predicted octanol–water partition coefficient (Wildman–Crippen LogP) is 2.47. The van der Waals surface area contributed by atoms with E-state index in [4.69, 9.17) is 9.72 Å². The number of nitrogens with one attached hydrogen (secondary N) is 2. The molecule has 0 unspecified atom stereocenters. The molecular formula is C18H22N3O2S2+.